The van der Waals surface area contributed by atoms with Gasteiger partial charge in [-0.2, -0.15) is 4.98 Å². The fourth-order valence-corrected chi connectivity index (χ4v) is 1.79. The van der Waals surface area contributed by atoms with Gasteiger partial charge in [0.1, 0.15) is 0 Å². The van der Waals surface area contributed by atoms with Crippen LogP contribution in [0.15, 0.2) is 6.20 Å². The van der Waals surface area contributed by atoms with E-state index in [4.69, 9.17) is 16.3 Å². The van der Waals surface area contributed by atoms with Crippen LogP contribution < -0.4 is 10.1 Å². The number of ether oxygens (including phenoxy) is 1. The maximum Gasteiger partial charge on any atom is 0.316 e. The van der Waals surface area contributed by atoms with Gasteiger partial charge in [-0.3, -0.25) is 4.79 Å². The van der Waals surface area contributed by atoms with Crippen molar-refractivity contribution in [3.63, 3.8) is 0 Å². The summed E-state index contributed by atoms with van der Waals surface area (Å²) in [4.78, 5) is 21.7. The van der Waals surface area contributed by atoms with Crippen molar-refractivity contribution in [1.29, 1.82) is 0 Å². The first kappa shape index (κ1) is 12.1. The molecule has 1 aromatic heterocycles. The highest BCUT2D eigenvalue weighted by atomic mass is 35.5. The van der Waals surface area contributed by atoms with Crippen LogP contribution in [0.25, 0.3) is 0 Å². The Balaban J connectivity index is 2.22. The third-order valence-electron chi connectivity index (χ3n) is 2.51. The van der Waals surface area contributed by atoms with Gasteiger partial charge in [0.05, 0.1) is 18.3 Å². The van der Waals surface area contributed by atoms with E-state index >= 15 is 0 Å². The lowest BCUT2D eigenvalue weighted by Crippen LogP contribution is -2.46. The summed E-state index contributed by atoms with van der Waals surface area (Å²) < 4.78 is 4.88. The highest BCUT2D eigenvalue weighted by molar-refractivity contribution is 6.33. The monoisotopic (exact) mass is 256 g/mol. The number of rotatable bonds is 2. The van der Waals surface area contributed by atoms with Crippen molar-refractivity contribution in [3.8, 4) is 6.01 Å². The van der Waals surface area contributed by atoms with Gasteiger partial charge in [-0.05, 0) is 0 Å². The number of nitrogens with one attached hydrogen (secondary N) is 1. The Hall–Kier alpha value is -1.40. The summed E-state index contributed by atoms with van der Waals surface area (Å²) in [7, 11) is 1.45. The number of hydrogen-bond donors (Lipinski definition) is 1. The summed E-state index contributed by atoms with van der Waals surface area (Å²) in [6.45, 7) is 2.88. The highest BCUT2D eigenvalue weighted by Crippen LogP contribution is 2.17. The van der Waals surface area contributed by atoms with Gasteiger partial charge in [0, 0.05) is 26.2 Å². The number of hydrogen-bond acceptors (Lipinski definition) is 5. The van der Waals surface area contributed by atoms with Crippen molar-refractivity contribution < 1.29 is 9.53 Å². The second kappa shape index (κ2) is 5.29. The maximum absolute atomic E-state index is 12.2. The van der Waals surface area contributed by atoms with Gasteiger partial charge in [0.2, 0.25) is 0 Å². The number of piperazine rings is 1. The maximum atomic E-state index is 12.2. The molecule has 1 aliphatic heterocycles. The van der Waals surface area contributed by atoms with E-state index in [-0.39, 0.29) is 22.6 Å². The number of nitrogens with zero attached hydrogens (tertiary/aromatic N) is 3. The lowest BCUT2D eigenvalue weighted by molar-refractivity contribution is 0.0728. The lowest BCUT2D eigenvalue weighted by Gasteiger charge is -2.27. The van der Waals surface area contributed by atoms with Crippen LogP contribution >= 0.6 is 11.6 Å². The first-order chi connectivity index (χ1) is 8.22. The molecule has 0 spiro atoms. The largest absolute Gasteiger partial charge is 0.467 e. The SMILES string of the molecule is COc1ncc(Cl)c(C(=O)N2CCNCC2)n1. The molecule has 0 aromatic carbocycles. The Bertz CT molecular complexity index is 421. The zero-order valence-electron chi connectivity index (χ0n) is 9.44. The summed E-state index contributed by atoms with van der Waals surface area (Å²) in [6, 6.07) is 0.146. The quantitative estimate of drug-likeness (QED) is 0.818. The molecule has 2 heterocycles. The highest BCUT2D eigenvalue weighted by Gasteiger charge is 2.22. The summed E-state index contributed by atoms with van der Waals surface area (Å²) in [5.41, 5.74) is 0.195. The van der Waals surface area contributed by atoms with Gasteiger partial charge in [0.15, 0.2) is 5.69 Å². The van der Waals surface area contributed by atoms with Gasteiger partial charge in [-0.15, -0.1) is 0 Å². The lowest BCUT2D eigenvalue weighted by atomic mass is 10.3. The standard InChI is InChI=1S/C10H13ClN4O2/c1-17-10-13-6-7(11)8(14-10)9(16)15-4-2-12-3-5-15/h6,12H,2-5H2,1H3. The number of aromatic nitrogens is 2. The summed E-state index contributed by atoms with van der Waals surface area (Å²) in [5.74, 6) is -0.183. The first-order valence-electron chi connectivity index (χ1n) is 5.29. The van der Waals surface area contributed by atoms with E-state index < -0.39 is 0 Å². The van der Waals surface area contributed by atoms with E-state index in [2.05, 4.69) is 15.3 Å². The molecule has 1 aliphatic rings. The van der Waals surface area contributed by atoms with E-state index in [1.807, 2.05) is 0 Å². The zero-order valence-corrected chi connectivity index (χ0v) is 10.2. The molecular formula is C10H13ClN4O2. The smallest absolute Gasteiger partial charge is 0.316 e. The van der Waals surface area contributed by atoms with E-state index in [1.54, 1.807) is 4.90 Å². The summed E-state index contributed by atoms with van der Waals surface area (Å²) >= 11 is 5.92. The van der Waals surface area contributed by atoms with Crippen molar-refractivity contribution in [2.75, 3.05) is 33.3 Å². The second-order valence-corrected chi connectivity index (χ2v) is 4.00. The second-order valence-electron chi connectivity index (χ2n) is 3.60. The molecule has 0 aliphatic carbocycles. The van der Waals surface area contributed by atoms with Crippen LogP contribution in [0.4, 0.5) is 0 Å². The Labute approximate surface area is 104 Å². The molecule has 0 unspecified atom stereocenters. The molecule has 1 amide bonds. The molecule has 1 fully saturated rings. The number of amides is 1. The minimum Gasteiger partial charge on any atom is -0.467 e. The van der Waals surface area contributed by atoms with Crippen LogP contribution in [0.1, 0.15) is 10.5 Å². The number of methoxy groups -OCH3 is 1. The van der Waals surface area contributed by atoms with Gasteiger partial charge in [-0.25, -0.2) is 4.98 Å². The molecule has 7 heteroatoms. The fourth-order valence-electron chi connectivity index (χ4n) is 1.62. The third-order valence-corrected chi connectivity index (χ3v) is 2.79. The molecule has 92 valence electrons. The van der Waals surface area contributed by atoms with E-state index in [0.717, 1.165) is 13.1 Å². The molecule has 1 aromatic rings. The van der Waals surface area contributed by atoms with Crippen molar-refractivity contribution in [3.05, 3.63) is 16.9 Å². The van der Waals surface area contributed by atoms with Crippen LogP contribution in [-0.4, -0.2) is 54.1 Å². The van der Waals surface area contributed by atoms with Crippen LogP contribution in [0.5, 0.6) is 6.01 Å². The van der Waals surface area contributed by atoms with Crippen molar-refractivity contribution in [2.45, 2.75) is 0 Å². The Morgan fingerprint density at radius 1 is 1.53 bits per heavy atom. The molecule has 0 radical (unpaired) electrons. The number of carbonyl (C=O) groups is 1. The first-order valence-corrected chi connectivity index (χ1v) is 5.66. The molecule has 17 heavy (non-hydrogen) atoms. The predicted molar refractivity (Wildman–Crippen MR) is 62.4 cm³/mol. The van der Waals surface area contributed by atoms with Gasteiger partial charge in [0.25, 0.3) is 5.91 Å². The van der Waals surface area contributed by atoms with Gasteiger partial charge >= 0.3 is 6.01 Å². The minimum atomic E-state index is -0.183. The van der Waals surface area contributed by atoms with E-state index in [1.165, 1.54) is 13.3 Å². The topological polar surface area (TPSA) is 67.3 Å². The Morgan fingerprint density at radius 3 is 2.88 bits per heavy atom. The molecule has 1 N–H and O–H groups in total. The molecule has 0 bridgehead atoms. The van der Waals surface area contributed by atoms with E-state index in [0.29, 0.717) is 13.1 Å². The van der Waals surface area contributed by atoms with Gasteiger partial charge < -0.3 is 15.0 Å². The van der Waals surface area contributed by atoms with Crippen LogP contribution in [0.2, 0.25) is 5.02 Å². The molecule has 0 saturated carbocycles. The van der Waals surface area contributed by atoms with Crippen LogP contribution in [-0.2, 0) is 0 Å². The molecular weight excluding hydrogens is 244 g/mol. The summed E-state index contributed by atoms with van der Waals surface area (Å²) in [5, 5.41) is 3.42. The number of carbonyl (C=O) groups excluding carboxylic acids is 1. The van der Waals surface area contributed by atoms with E-state index in [9.17, 15) is 4.79 Å². The molecule has 0 atom stereocenters. The van der Waals surface area contributed by atoms with Crippen molar-refractivity contribution >= 4 is 17.5 Å². The van der Waals surface area contributed by atoms with Gasteiger partial charge in [-0.1, -0.05) is 11.6 Å². The normalized spacial score (nSPS) is 15.8. The predicted octanol–water partition coefficient (Wildman–Crippen LogP) is 0.184. The van der Waals surface area contributed by atoms with Crippen molar-refractivity contribution in [2.24, 2.45) is 0 Å². The Kier molecular flexibility index (Phi) is 3.75. The summed E-state index contributed by atoms with van der Waals surface area (Å²) in [6.07, 6.45) is 1.38. The Morgan fingerprint density at radius 2 is 2.24 bits per heavy atom. The van der Waals surface area contributed by atoms with Crippen molar-refractivity contribution in [1.82, 2.24) is 20.2 Å². The molecule has 2 rings (SSSR count). The number of halogens is 1. The molecule has 6 nitrogen and oxygen atoms in total. The zero-order chi connectivity index (χ0) is 12.3. The fraction of sp³-hybridized carbons (Fsp3) is 0.500. The van der Waals surface area contributed by atoms with Crippen LogP contribution in [0.3, 0.4) is 0 Å². The molecule has 1 saturated heterocycles. The minimum absolute atomic E-state index is 0.146. The average Bonchev–Trinajstić information content (AvgIpc) is 2.39. The average molecular weight is 257 g/mol. The van der Waals surface area contributed by atoms with Crippen LogP contribution in [0, 0.1) is 0 Å². The third kappa shape index (κ3) is 2.65.